The summed E-state index contributed by atoms with van der Waals surface area (Å²) < 4.78 is 19.3. The Balaban J connectivity index is 1.38. The topological polar surface area (TPSA) is 44.7 Å². The van der Waals surface area contributed by atoms with Gasteiger partial charge >= 0.3 is 0 Å². The lowest BCUT2D eigenvalue weighted by Crippen LogP contribution is -2.43. The van der Waals surface area contributed by atoms with Gasteiger partial charge in [0.1, 0.15) is 24.3 Å². The number of nitrogens with one attached hydrogen (secondary N) is 1. The van der Waals surface area contributed by atoms with E-state index in [0.29, 0.717) is 12.2 Å². The first kappa shape index (κ1) is 17.7. The summed E-state index contributed by atoms with van der Waals surface area (Å²) in [7, 11) is 0. The van der Waals surface area contributed by atoms with E-state index in [1.165, 1.54) is 6.07 Å². The minimum atomic E-state index is -0.517. The fourth-order valence-corrected chi connectivity index (χ4v) is 3.12. The standard InChI is InChI=1S/C20H25FN2O2/c21-19-8-4-5-9-20(19)22-16-10-12-23(13-11-16)14-17(24)15-25-18-6-2-1-3-7-18/h1-9,16-17,22,24H,10-15H2. The smallest absolute Gasteiger partial charge is 0.146 e. The Morgan fingerprint density at radius 2 is 1.76 bits per heavy atom. The summed E-state index contributed by atoms with van der Waals surface area (Å²) in [5, 5.41) is 13.4. The maximum atomic E-state index is 13.7. The van der Waals surface area contributed by atoms with Crippen molar-refractivity contribution in [2.24, 2.45) is 0 Å². The van der Waals surface area contributed by atoms with Crippen molar-refractivity contribution in [2.45, 2.75) is 25.0 Å². The number of β-amino-alcohol motifs (C(OH)–C–C–N with tert-alkyl or cyclic N) is 1. The Hall–Kier alpha value is -2.11. The quantitative estimate of drug-likeness (QED) is 0.810. The summed E-state index contributed by atoms with van der Waals surface area (Å²) in [6, 6.07) is 16.6. The van der Waals surface area contributed by atoms with Crippen molar-refractivity contribution in [1.82, 2.24) is 4.90 Å². The number of aliphatic hydroxyl groups is 1. The first-order chi connectivity index (χ1) is 12.2. The zero-order chi connectivity index (χ0) is 17.5. The normalized spacial score (nSPS) is 17.2. The largest absolute Gasteiger partial charge is 0.491 e. The summed E-state index contributed by atoms with van der Waals surface area (Å²) in [6.45, 7) is 2.65. The SMILES string of the molecule is OC(COc1ccccc1)CN1CCC(Nc2ccccc2F)CC1. The first-order valence-corrected chi connectivity index (χ1v) is 8.80. The first-order valence-electron chi connectivity index (χ1n) is 8.80. The molecule has 0 spiro atoms. The van der Waals surface area contributed by atoms with Crippen molar-refractivity contribution in [1.29, 1.82) is 0 Å². The Kier molecular flexibility index (Phi) is 6.25. The molecule has 1 atom stereocenters. The second-order valence-electron chi connectivity index (χ2n) is 6.48. The zero-order valence-corrected chi connectivity index (χ0v) is 14.3. The van der Waals surface area contributed by atoms with Crippen LogP contribution in [0.4, 0.5) is 10.1 Å². The van der Waals surface area contributed by atoms with Gasteiger partial charge in [0.15, 0.2) is 0 Å². The van der Waals surface area contributed by atoms with Crippen LogP contribution < -0.4 is 10.1 Å². The van der Waals surface area contributed by atoms with E-state index in [2.05, 4.69) is 10.2 Å². The highest BCUT2D eigenvalue weighted by molar-refractivity contribution is 5.45. The molecule has 4 nitrogen and oxygen atoms in total. The number of ether oxygens (including phenoxy) is 1. The average Bonchev–Trinajstić information content (AvgIpc) is 2.64. The molecule has 0 bridgehead atoms. The highest BCUT2D eigenvalue weighted by Crippen LogP contribution is 2.19. The third-order valence-corrected chi connectivity index (χ3v) is 4.48. The number of aliphatic hydroxyl groups excluding tert-OH is 1. The molecule has 2 aromatic rings. The maximum Gasteiger partial charge on any atom is 0.146 e. The van der Waals surface area contributed by atoms with Crippen LogP contribution in [0.5, 0.6) is 5.75 Å². The molecule has 2 N–H and O–H groups in total. The van der Waals surface area contributed by atoms with Gasteiger partial charge in [0.05, 0.1) is 5.69 Å². The van der Waals surface area contributed by atoms with Crippen LogP contribution in [0.25, 0.3) is 0 Å². The second kappa shape index (κ2) is 8.83. The van der Waals surface area contributed by atoms with Crippen molar-refractivity contribution < 1.29 is 14.2 Å². The molecule has 0 radical (unpaired) electrons. The number of benzene rings is 2. The third-order valence-electron chi connectivity index (χ3n) is 4.48. The van der Waals surface area contributed by atoms with Crippen molar-refractivity contribution in [2.75, 3.05) is 31.6 Å². The molecule has 1 heterocycles. The summed E-state index contributed by atoms with van der Waals surface area (Å²) in [5.41, 5.74) is 0.567. The zero-order valence-electron chi connectivity index (χ0n) is 14.3. The van der Waals surface area contributed by atoms with Gasteiger partial charge in [-0.3, -0.25) is 0 Å². The molecular formula is C20H25FN2O2. The molecule has 25 heavy (non-hydrogen) atoms. The summed E-state index contributed by atoms with van der Waals surface area (Å²) in [6.07, 6.45) is 1.34. The van der Waals surface area contributed by atoms with Crippen molar-refractivity contribution in [3.8, 4) is 5.75 Å². The molecule has 0 aromatic heterocycles. The van der Waals surface area contributed by atoms with Crippen molar-refractivity contribution in [3.05, 3.63) is 60.4 Å². The van der Waals surface area contributed by atoms with Gasteiger partial charge in [-0.05, 0) is 37.1 Å². The van der Waals surface area contributed by atoms with E-state index in [1.54, 1.807) is 12.1 Å². The van der Waals surface area contributed by atoms with Gasteiger partial charge < -0.3 is 20.1 Å². The molecule has 0 saturated carbocycles. The predicted molar refractivity (Wildman–Crippen MR) is 97.4 cm³/mol. The van der Waals surface area contributed by atoms with Gasteiger partial charge in [0, 0.05) is 25.7 Å². The molecule has 2 aromatic carbocycles. The number of piperidine rings is 1. The van der Waals surface area contributed by atoms with E-state index in [0.717, 1.165) is 31.7 Å². The number of para-hydroxylation sites is 2. The predicted octanol–water partition coefficient (Wildman–Crippen LogP) is 3.14. The fourth-order valence-electron chi connectivity index (χ4n) is 3.12. The van der Waals surface area contributed by atoms with E-state index in [4.69, 9.17) is 4.74 Å². The minimum Gasteiger partial charge on any atom is -0.491 e. The van der Waals surface area contributed by atoms with Gasteiger partial charge in [-0.15, -0.1) is 0 Å². The highest BCUT2D eigenvalue weighted by Gasteiger charge is 2.21. The highest BCUT2D eigenvalue weighted by atomic mass is 19.1. The number of rotatable bonds is 7. The van der Waals surface area contributed by atoms with Gasteiger partial charge in [0.2, 0.25) is 0 Å². The van der Waals surface area contributed by atoms with Gasteiger partial charge in [-0.1, -0.05) is 30.3 Å². The molecular weight excluding hydrogens is 319 g/mol. The van der Waals surface area contributed by atoms with Crippen LogP contribution >= 0.6 is 0 Å². The molecule has 1 saturated heterocycles. The molecule has 0 aliphatic carbocycles. The third kappa shape index (κ3) is 5.44. The molecule has 134 valence electrons. The minimum absolute atomic E-state index is 0.210. The van der Waals surface area contributed by atoms with Crippen LogP contribution in [0.15, 0.2) is 54.6 Å². The molecule has 3 rings (SSSR count). The van der Waals surface area contributed by atoms with Gasteiger partial charge in [-0.2, -0.15) is 0 Å². The summed E-state index contributed by atoms with van der Waals surface area (Å²) in [5.74, 6) is 0.563. The molecule has 5 heteroatoms. The monoisotopic (exact) mass is 344 g/mol. The van der Waals surface area contributed by atoms with Crippen LogP contribution in [0.3, 0.4) is 0 Å². The van der Waals surface area contributed by atoms with E-state index in [1.807, 2.05) is 36.4 Å². The lowest BCUT2D eigenvalue weighted by atomic mass is 10.0. The number of hydrogen-bond acceptors (Lipinski definition) is 4. The second-order valence-corrected chi connectivity index (χ2v) is 6.48. The average molecular weight is 344 g/mol. The Labute approximate surface area is 148 Å². The number of nitrogens with zero attached hydrogens (tertiary/aromatic N) is 1. The molecule has 1 unspecified atom stereocenters. The Bertz CT molecular complexity index is 645. The van der Waals surface area contributed by atoms with E-state index in [-0.39, 0.29) is 18.5 Å². The van der Waals surface area contributed by atoms with Crippen LogP contribution in [-0.2, 0) is 0 Å². The van der Waals surface area contributed by atoms with E-state index in [9.17, 15) is 9.50 Å². The van der Waals surface area contributed by atoms with Gasteiger partial charge in [0.25, 0.3) is 0 Å². The number of likely N-dealkylation sites (tertiary alicyclic amines) is 1. The van der Waals surface area contributed by atoms with Crippen LogP contribution in [-0.4, -0.2) is 48.4 Å². The van der Waals surface area contributed by atoms with Crippen molar-refractivity contribution >= 4 is 5.69 Å². The number of hydrogen-bond donors (Lipinski definition) is 2. The molecule has 0 amide bonds. The number of halogens is 1. The van der Waals surface area contributed by atoms with Gasteiger partial charge in [-0.25, -0.2) is 4.39 Å². The Morgan fingerprint density at radius 1 is 1.08 bits per heavy atom. The van der Waals surface area contributed by atoms with E-state index >= 15 is 0 Å². The van der Waals surface area contributed by atoms with Crippen LogP contribution in [0.2, 0.25) is 0 Å². The molecule has 1 aliphatic heterocycles. The molecule has 1 fully saturated rings. The fraction of sp³-hybridized carbons (Fsp3) is 0.400. The summed E-state index contributed by atoms with van der Waals surface area (Å²) >= 11 is 0. The van der Waals surface area contributed by atoms with Crippen LogP contribution in [0, 0.1) is 5.82 Å². The summed E-state index contributed by atoms with van der Waals surface area (Å²) in [4.78, 5) is 2.23. The van der Waals surface area contributed by atoms with Crippen LogP contribution in [0.1, 0.15) is 12.8 Å². The van der Waals surface area contributed by atoms with Crippen molar-refractivity contribution in [3.63, 3.8) is 0 Å². The lowest BCUT2D eigenvalue weighted by molar-refractivity contribution is 0.0605. The number of anilines is 1. The Morgan fingerprint density at radius 3 is 2.48 bits per heavy atom. The molecule has 1 aliphatic rings. The maximum absolute atomic E-state index is 13.7. The lowest BCUT2D eigenvalue weighted by Gasteiger charge is -2.33. The van der Waals surface area contributed by atoms with E-state index < -0.39 is 6.10 Å².